The Morgan fingerprint density at radius 1 is 1.31 bits per heavy atom. The molecule has 1 atom stereocenters. The van der Waals surface area contributed by atoms with Crippen molar-refractivity contribution in [3.8, 4) is 0 Å². The van der Waals surface area contributed by atoms with Crippen molar-refractivity contribution < 1.29 is 0 Å². The Kier molecular flexibility index (Phi) is 3.34. The third-order valence-electron chi connectivity index (χ3n) is 2.39. The summed E-state index contributed by atoms with van der Waals surface area (Å²) in [4.78, 5) is 0. The van der Waals surface area contributed by atoms with Crippen LogP contribution in [0.4, 0.5) is 0 Å². The number of benzene rings is 1. The standard InChI is InChI=1S/C11H16ClN/c1-7(2)11(13)9-5-4-6-10(12)8(9)3/h4-7,11H,13H2,1-3H3. The molecule has 0 bridgehead atoms. The Hall–Kier alpha value is -0.530. The van der Waals surface area contributed by atoms with Gasteiger partial charge in [0.05, 0.1) is 0 Å². The summed E-state index contributed by atoms with van der Waals surface area (Å²) in [6.07, 6.45) is 0. The first-order valence-electron chi connectivity index (χ1n) is 4.54. The molecule has 1 aromatic rings. The van der Waals surface area contributed by atoms with Gasteiger partial charge in [-0.1, -0.05) is 37.6 Å². The van der Waals surface area contributed by atoms with Crippen molar-refractivity contribution >= 4 is 11.6 Å². The molecular weight excluding hydrogens is 182 g/mol. The van der Waals surface area contributed by atoms with E-state index in [0.717, 1.165) is 16.1 Å². The van der Waals surface area contributed by atoms with Gasteiger partial charge in [-0.15, -0.1) is 0 Å². The first-order valence-corrected chi connectivity index (χ1v) is 4.92. The summed E-state index contributed by atoms with van der Waals surface area (Å²) in [5.41, 5.74) is 8.31. The maximum atomic E-state index is 6.05. The van der Waals surface area contributed by atoms with Crippen molar-refractivity contribution in [2.24, 2.45) is 11.7 Å². The third-order valence-corrected chi connectivity index (χ3v) is 2.80. The average molecular weight is 198 g/mol. The molecule has 13 heavy (non-hydrogen) atoms. The van der Waals surface area contributed by atoms with Gasteiger partial charge in [-0.3, -0.25) is 0 Å². The lowest BCUT2D eigenvalue weighted by Gasteiger charge is -2.18. The van der Waals surface area contributed by atoms with E-state index in [1.54, 1.807) is 0 Å². The molecule has 0 saturated heterocycles. The molecule has 0 fully saturated rings. The van der Waals surface area contributed by atoms with Crippen LogP contribution in [0.15, 0.2) is 18.2 Å². The highest BCUT2D eigenvalue weighted by atomic mass is 35.5. The predicted molar refractivity (Wildman–Crippen MR) is 58.0 cm³/mol. The SMILES string of the molecule is Cc1c(Cl)cccc1C(N)C(C)C. The molecule has 0 heterocycles. The summed E-state index contributed by atoms with van der Waals surface area (Å²) in [6.45, 7) is 6.25. The minimum absolute atomic E-state index is 0.0821. The second kappa shape index (κ2) is 4.12. The van der Waals surface area contributed by atoms with Gasteiger partial charge in [-0.2, -0.15) is 0 Å². The fourth-order valence-electron chi connectivity index (χ4n) is 1.34. The second-order valence-electron chi connectivity index (χ2n) is 3.72. The molecule has 0 aliphatic rings. The summed E-state index contributed by atoms with van der Waals surface area (Å²) in [7, 11) is 0. The van der Waals surface area contributed by atoms with Crippen molar-refractivity contribution in [1.82, 2.24) is 0 Å². The van der Waals surface area contributed by atoms with E-state index in [1.807, 2.05) is 25.1 Å². The Balaban J connectivity index is 3.07. The number of rotatable bonds is 2. The molecule has 1 aromatic carbocycles. The minimum atomic E-state index is 0.0821. The molecule has 72 valence electrons. The van der Waals surface area contributed by atoms with Crippen LogP contribution in [0.3, 0.4) is 0 Å². The summed E-state index contributed by atoms with van der Waals surface area (Å²) < 4.78 is 0. The lowest BCUT2D eigenvalue weighted by atomic mass is 9.94. The summed E-state index contributed by atoms with van der Waals surface area (Å²) in [5, 5.41) is 0.800. The Labute approximate surface area is 84.9 Å². The van der Waals surface area contributed by atoms with E-state index in [0.29, 0.717) is 5.92 Å². The molecule has 0 aromatic heterocycles. The van der Waals surface area contributed by atoms with Crippen molar-refractivity contribution in [2.75, 3.05) is 0 Å². The van der Waals surface area contributed by atoms with Crippen LogP contribution in [0.5, 0.6) is 0 Å². The van der Waals surface area contributed by atoms with Crippen LogP contribution < -0.4 is 5.73 Å². The van der Waals surface area contributed by atoms with Gasteiger partial charge in [0.2, 0.25) is 0 Å². The van der Waals surface area contributed by atoms with Crippen molar-refractivity contribution in [1.29, 1.82) is 0 Å². The van der Waals surface area contributed by atoms with E-state index in [2.05, 4.69) is 13.8 Å². The van der Waals surface area contributed by atoms with Gasteiger partial charge in [0.25, 0.3) is 0 Å². The largest absolute Gasteiger partial charge is 0.324 e. The second-order valence-corrected chi connectivity index (χ2v) is 4.13. The van der Waals surface area contributed by atoms with Gasteiger partial charge in [-0.25, -0.2) is 0 Å². The van der Waals surface area contributed by atoms with E-state index in [9.17, 15) is 0 Å². The van der Waals surface area contributed by atoms with Crippen molar-refractivity contribution in [3.05, 3.63) is 34.3 Å². The molecule has 1 rings (SSSR count). The lowest BCUT2D eigenvalue weighted by Crippen LogP contribution is -2.17. The zero-order valence-electron chi connectivity index (χ0n) is 8.34. The molecule has 2 N–H and O–H groups in total. The monoisotopic (exact) mass is 197 g/mol. The van der Waals surface area contributed by atoms with Crippen LogP contribution >= 0.6 is 11.6 Å². The van der Waals surface area contributed by atoms with Crippen LogP contribution in [0, 0.1) is 12.8 Å². The van der Waals surface area contributed by atoms with Gasteiger partial charge in [0.1, 0.15) is 0 Å². The normalized spacial score (nSPS) is 13.4. The lowest BCUT2D eigenvalue weighted by molar-refractivity contribution is 0.512. The van der Waals surface area contributed by atoms with Gasteiger partial charge in [0, 0.05) is 11.1 Å². The van der Waals surface area contributed by atoms with Crippen LogP contribution in [-0.4, -0.2) is 0 Å². The van der Waals surface area contributed by atoms with E-state index in [-0.39, 0.29) is 6.04 Å². The third kappa shape index (κ3) is 2.23. The van der Waals surface area contributed by atoms with Gasteiger partial charge < -0.3 is 5.73 Å². The van der Waals surface area contributed by atoms with Crippen LogP contribution in [0.25, 0.3) is 0 Å². The van der Waals surface area contributed by atoms with Gasteiger partial charge in [0.15, 0.2) is 0 Å². The highest BCUT2D eigenvalue weighted by molar-refractivity contribution is 6.31. The maximum absolute atomic E-state index is 6.05. The molecule has 0 radical (unpaired) electrons. The van der Waals surface area contributed by atoms with E-state index in [4.69, 9.17) is 17.3 Å². The maximum Gasteiger partial charge on any atom is 0.0438 e. The summed E-state index contributed by atoms with van der Waals surface area (Å²) in [5.74, 6) is 0.442. The van der Waals surface area contributed by atoms with E-state index >= 15 is 0 Å². The van der Waals surface area contributed by atoms with Crippen molar-refractivity contribution in [2.45, 2.75) is 26.8 Å². The Bertz CT molecular complexity index is 294. The highest BCUT2D eigenvalue weighted by Gasteiger charge is 2.13. The molecule has 0 saturated carbocycles. The molecule has 0 spiro atoms. The van der Waals surface area contributed by atoms with Gasteiger partial charge >= 0.3 is 0 Å². The van der Waals surface area contributed by atoms with Crippen LogP contribution in [0.2, 0.25) is 5.02 Å². The first kappa shape index (κ1) is 10.6. The number of hydrogen-bond acceptors (Lipinski definition) is 1. The smallest absolute Gasteiger partial charge is 0.0438 e. The molecular formula is C11H16ClN. The number of nitrogens with two attached hydrogens (primary N) is 1. The van der Waals surface area contributed by atoms with E-state index in [1.165, 1.54) is 0 Å². The molecule has 1 nitrogen and oxygen atoms in total. The molecule has 0 amide bonds. The zero-order chi connectivity index (χ0) is 10.0. The minimum Gasteiger partial charge on any atom is -0.324 e. The highest BCUT2D eigenvalue weighted by Crippen LogP contribution is 2.26. The van der Waals surface area contributed by atoms with E-state index < -0.39 is 0 Å². The zero-order valence-corrected chi connectivity index (χ0v) is 9.10. The first-order chi connectivity index (χ1) is 6.04. The Morgan fingerprint density at radius 3 is 2.46 bits per heavy atom. The van der Waals surface area contributed by atoms with Crippen molar-refractivity contribution in [3.63, 3.8) is 0 Å². The molecule has 0 aliphatic heterocycles. The fraction of sp³-hybridized carbons (Fsp3) is 0.455. The molecule has 1 unspecified atom stereocenters. The van der Waals surface area contributed by atoms with Crippen LogP contribution in [0.1, 0.15) is 31.0 Å². The topological polar surface area (TPSA) is 26.0 Å². The predicted octanol–water partition coefficient (Wildman–Crippen LogP) is 3.30. The van der Waals surface area contributed by atoms with Crippen LogP contribution in [-0.2, 0) is 0 Å². The quantitative estimate of drug-likeness (QED) is 0.774. The molecule has 0 aliphatic carbocycles. The summed E-state index contributed by atoms with van der Waals surface area (Å²) in [6, 6.07) is 5.98. The molecule has 2 heteroatoms. The number of halogens is 1. The summed E-state index contributed by atoms with van der Waals surface area (Å²) >= 11 is 6.01. The Morgan fingerprint density at radius 2 is 1.92 bits per heavy atom. The fourth-order valence-corrected chi connectivity index (χ4v) is 1.53. The average Bonchev–Trinajstić information content (AvgIpc) is 2.08. The van der Waals surface area contributed by atoms with Gasteiger partial charge in [-0.05, 0) is 30.0 Å². The number of hydrogen-bond donors (Lipinski definition) is 1.